The average molecular weight is 427 g/mol. The Balaban J connectivity index is 1.52. The van der Waals surface area contributed by atoms with Gasteiger partial charge in [-0.1, -0.05) is 12.1 Å². The smallest absolute Gasteiger partial charge is 0.273 e. The van der Waals surface area contributed by atoms with Crippen LogP contribution in [0.4, 0.5) is 10.1 Å². The number of halogens is 1. The van der Waals surface area contributed by atoms with E-state index in [9.17, 15) is 22.4 Å². The zero-order valence-electron chi connectivity index (χ0n) is 16.0. The number of fused-ring (bicyclic) bond motifs is 2. The molecule has 0 atom stereocenters. The second-order valence-corrected chi connectivity index (χ2v) is 8.73. The van der Waals surface area contributed by atoms with Crippen LogP contribution in [0.3, 0.4) is 0 Å². The Morgan fingerprint density at radius 1 is 1.17 bits per heavy atom. The van der Waals surface area contributed by atoms with Gasteiger partial charge in [0, 0.05) is 18.3 Å². The average Bonchev–Trinajstić information content (AvgIpc) is 3.19. The Bertz CT molecular complexity index is 1280. The van der Waals surface area contributed by atoms with Gasteiger partial charge in [0.15, 0.2) is 0 Å². The monoisotopic (exact) mass is 427 g/mol. The van der Waals surface area contributed by atoms with E-state index in [0.29, 0.717) is 12.0 Å². The van der Waals surface area contributed by atoms with Crippen molar-refractivity contribution in [2.45, 2.75) is 18.2 Å². The molecule has 0 saturated carbocycles. The Morgan fingerprint density at radius 2 is 1.97 bits per heavy atom. The number of benzene rings is 2. The Labute approximate surface area is 172 Å². The highest BCUT2D eigenvalue weighted by atomic mass is 32.2. The van der Waals surface area contributed by atoms with Gasteiger partial charge >= 0.3 is 0 Å². The van der Waals surface area contributed by atoms with Gasteiger partial charge in [0.25, 0.3) is 21.8 Å². The first-order valence-electron chi connectivity index (χ1n) is 9.19. The number of nitrogens with one attached hydrogen (secondary N) is 2. The van der Waals surface area contributed by atoms with Crippen LogP contribution in [0.15, 0.2) is 59.6 Å². The molecule has 0 spiro atoms. The van der Waals surface area contributed by atoms with E-state index >= 15 is 0 Å². The number of carbonyl (C=O) groups is 2. The molecule has 3 aromatic rings. The summed E-state index contributed by atoms with van der Waals surface area (Å²) in [5.74, 6) is -1.31. The zero-order valence-corrected chi connectivity index (χ0v) is 16.8. The fraction of sp³-hybridized carbons (Fsp3) is 0.143. The molecule has 0 unspecified atom stereocenters. The standard InChI is InChI=1S/C21H18FN3O4S/c1-13-4-5-14(11-16(13)22)8-9-23-20(26)15-6-7-19-17(12-15)24-21(27)18-3-2-10-25(18)30(19,28)29/h2-7,10-12H,8-9H2,1H3,(H,23,26)(H,24,27). The number of hydrogen-bond acceptors (Lipinski definition) is 4. The highest BCUT2D eigenvalue weighted by Gasteiger charge is 2.30. The van der Waals surface area contributed by atoms with Gasteiger partial charge in [0.2, 0.25) is 0 Å². The van der Waals surface area contributed by atoms with Gasteiger partial charge in [-0.05, 0) is 60.9 Å². The number of amides is 2. The largest absolute Gasteiger partial charge is 0.352 e. The lowest BCUT2D eigenvalue weighted by molar-refractivity contribution is 0.0952. The Morgan fingerprint density at radius 3 is 2.73 bits per heavy atom. The van der Waals surface area contributed by atoms with Crippen LogP contribution >= 0.6 is 0 Å². The molecule has 2 N–H and O–H groups in total. The minimum Gasteiger partial charge on any atom is -0.352 e. The minimum absolute atomic E-state index is 0.0115. The van der Waals surface area contributed by atoms with Gasteiger partial charge in [0.05, 0.1) is 5.69 Å². The van der Waals surface area contributed by atoms with Crippen LogP contribution in [0.1, 0.15) is 32.0 Å². The van der Waals surface area contributed by atoms with Gasteiger partial charge in [-0.2, -0.15) is 0 Å². The second kappa shape index (κ2) is 7.42. The van der Waals surface area contributed by atoms with Crippen LogP contribution in [-0.2, 0) is 16.4 Å². The maximum absolute atomic E-state index is 13.6. The third-order valence-electron chi connectivity index (χ3n) is 4.91. The van der Waals surface area contributed by atoms with E-state index in [0.717, 1.165) is 9.54 Å². The third kappa shape index (κ3) is 3.48. The van der Waals surface area contributed by atoms with Crippen molar-refractivity contribution in [2.24, 2.45) is 0 Å². The number of nitrogens with zero attached hydrogens (tertiary/aromatic N) is 1. The van der Waals surface area contributed by atoms with Crippen molar-refractivity contribution in [1.29, 1.82) is 0 Å². The van der Waals surface area contributed by atoms with Crippen LogP contribution in [0.2, 0.25) is 0 Å². The summed E-state index contributed by atoms with van der Waals surface area (Å²) >= 11 is 0. The number of aromatic nitrogens is 1. The van der Waals surface area contributed by atoms with Crippen LogP contribution in [0.5, 0.6) is 0 Å². The predicted molar refractivity (Wildman–Crippen MR) is 109 cm³/mol. The topological polar surface area (TPSA) is 97.3 Å². The van der Waals surface area contributed by atoms with Crippen LogP contribution < -0.4 is 10.6 Å². The van der Waals surface area contributed by atoms with Crippen molar-refractivity contribution in [2.75, 3.05) is 11.9 Å². The van der Waals surface area contributed by atoms with E-state index in [1.54, 1.807) is 19.1 Å². The molecule has 30 heavy (non-hydrogen) atoms. The molecule has 2 aromatic carbocycles. The Hall–Kier alpha value is -3.46. The highest BCUT2D eigenvalue weighted by molar-refractivity contribution is 7.90. The molecule has 1 aromatic heterocycles. The number of hydrogen-bond donors (Lipinski definition) is 2. The molecule has 0 saturated heterocycles. The quantitative estimate of drug-likeness (QED) is 0.669. The van der Waals surface area contributed by atoms with E-state index < -0.39 is 21.8 Å². The molecule has 7 nitrogen and oxygen atoms in total. The molecule has 0 radical (unpaired) electrons. The molecule has 9 heteroatoms. The van der Waals surface area contributed by atoms with E-state index in [4.69, 9.17) is 0 Å². The van der Waals surface area contributed by atoms with E-state index in [2.05, 4.69) is 10.6 Å². The number of rotatable bonds is 4. The molecule has 2 amide bonds. The van der Waals surface area contributed by atoms with Crippen molar-refractivity contribution in [3.05, 3.63) is 82.9 Å². The summed E-state index contributed by atoms with van der Waals surface area (Å²) in [6.45, 7) is 1.95. The van der Waals surface area contributed by atoms with Crippen molar-refractivity contribution >= 4 is 27.5 Å². The van der Waals surface area contributed by atoms with Crippen LogP contribution in [0, 0.1) is 12.7 Å². The Kier molecular flexibility index (Phi) is 4.90. The third-order valence-corrected chi connectivity index (χ3v) is 6.66. The first-order valence-corrected chi connectivity index (χ1v) is 10.6. The lowest BCUT2D eigenvalue weighted by Crippen LogP contribution is -2.26. The second-order valence-electron chi connectivity index (χ2n) is 6.95. The first-order chi connectivity index (χ1) is 14.3. The van der Waals surface area contributed by atoms with Crippen molar-refractivity contribution in [1.82, 2.24) is 9.29 Å². The van der Waals surface area contributed by atoms with Crippen molar-refractivity contribution < 1.29 is 22.4 Å². The summed E-state index contributed by atoms with van der Waals surface area (Å²) in [6.07, 6.45) is 1.74. The van der Waals surface area contributed by atoms with Gasteiger partial charge in [-0.3, -0.25) is 9.59 Å². The summed E-state index contributed by atoms with van der Waals surface area (Å²) in [7, 11) is -3.96. The van der Waals surface area contributed by atoms with E-state index in [1.807, 2.05) is 0 Å². The molecule has 0 aliphatic carbocycles. The summed E-state index contributed by atoms with van der Waals surface area (Å²) in [4.78, 5) is 24.7. The maximum atomic E-state index is 13.6. The van der Waals surface area contributed by atoms with Crippen LogP contribution in [0.25, 0.3) is 0 Å². The van der Waals surface area contributed by atoms with Gasteiger partial charge < -0.3 is 10.6 Å². The first kappa shape index (κ1) is 19.8. The maximum Gasteiger partial charge on any atom is 0.273 e. The van der Waals surface area contributed by atoms with Gasteiger partial charge in [-0.15, -0.1) is 0 Å². The molecular weight excluding hydrogens is 409 g/mol. The van der Waals surface area contributed by atoms with Crippen molar-refractivity contribution in [3.63, 3.8) is 0 Å². The van der Waals surface area contributed by atoms with Crippen LogP contribution in [-0.4, -0.2) is 30.7 Å². The summed E-state index contributed by atoms with van der Waals surface area (Å²) < 4.78 is 40.2. The molecule has 0 fully saturated rings. The van der Waals surface area contributed by atoms with Gasteiger partial charge in [-0.25, -0.2) is 16.8 Å². The SMILES string of the molecule is Cc1ccc(CCNC(=O)c2ccc3c(c2)NC(=O)c2cccn2S3(=O)=O)cc1F. The normalized spacial score (nSPS) is 14.3. The molecule has 1 aliphatic heterocycles. The van der Waals surface area contributed by atoms with E-state index in [1.165, 1.54) is 42.6 Å². The number of aryl methyl sites for hydroxylation is 1. The zero-order chi connectivity index (χ0) is 21.5. The lowest BCUT2D eigenvalue weighted by Gasteiger charge is -2.11. The highest BCUT2D eigenvalue weighted by Crippen LogP contribution is 2.29. The minimum atomic E-state index is -3.96. The number of anilines is 1. The van der Waals surface area contributed by atoms with Crippen molar-refractivity contribution in [3.8, 4) is 0 Å². The van der Waals surface area contributed by atoms with Gasteiger partial charge in [0.1, 0.15) is 16.4 Å². The fourth-order valence-corrected chi connectivity index (χ4v) is 4.72. The molecule has 154 valence electrons. The molecular formula is C21H18FN3O4S. The summed E-state index contributed by atoms with van der Waals surface area (Å²) in [5.41, 5.74) is 1.53. The lowest BCUT2D eigenvalue weighted by atomic mass is 10.1. The summed E-state index contributed by atoms with van der Waals surface area (Å²) in [5, 5.41) is 5.27. The number of carbonyl (C=O) groups excluding carboxylic acids is 2. The molecule has 0 bridgehead atoms. The fourth-order valence-electron chi connectivity index (χ4n) is 3.25. The molecule has 2 heterocycles. The predicted octanol–water partition coefficient (Wildman–Crippen LogP) is 2.71. The summed E-state index contributed by atoms with van der Waals surface area (Å²) in [6, 6.07) is 11.8. The van der Waals surface area contributed by atoms with E-state index in [-0.39, 0.29) is 34.2 Å². The molecule has 1 aliphatic rings. The molecule has 4 rings (SSSR count).